The van der Waals surface area contributed by atoms with Gasteiger partial charge in [-0.25, -0.2) is 4.79 Å². The number of hydrogen-bond donors (Lipinski definition) is 0. The Labute approximate surface area is 135 Å². The molecule has 0 heterocycles. The molecule has 23 heavy (non-hydrogen) atoms. The second-order valence-electron chi connectivity index (χ2n) is 5.33. The van der Waals surface area contributed by atoms with Crippen molar-refractivity contribution in [1.29, 1.82) is 0 Å². The summed E-state index contributed by atoms with van der Waals surface area (Å²) in [5.74, 6) is -0.369. The molecule has 3 aromatic carbocycles. The highest BCUT2D eigenvalue weighted by Crippen LogP contribution is 2.29. The Bertz CT molecular complexity index is 861. The zero-order chi connectivity index (χ0) is 16.1. The predicted octanol–water partition coefficient (Wildman–Crippen LogP) is 5.16. The first-order valence-corrected chi connectivity index (χ1v) is 7.76. The van der Waals surface area contributed by atoms with Gasteiger partial charge in [0.15, 0.2) is 0 Å². The second kappa shape index (κ2) is 6.95. The molecular weight excluding hydrogens is 284 g/mol. The van der Waals surface area contributed by atoms with Gasteiger partial charge in [-0.05, 0) is 40.1 Å². The van der Waals surface area contributed by atoms with E-state index < -0.39 is 0 Å². The molecule has 2 nitrogen and oxygen atoms in total. The smallest absolute Gasteiger partial charge is 0.338 e. The molecule has 114 valence electrons. The molecule has 0 N–H and O–H groups in total. The Balaban J connectivity index is 2.00. The van der Waals surface area contributed by atoms with E-state index in [9.17, 15) is 4.79 Å². The molecule has 0 unspecified atom stereocenters. The van der Waals surface area contributed by atoms with Gasteiger partial charge >= 0.3 is 5.97 Å². The Kier molecular flexibility index (Phi) is 4.56. The first-order valence-electron chi connectivity index (χ1n) is 7.76. The SMILES string of the molecule is CCC=C=CC(=O)OCc1c2ccccc2cc2ccccc12. The van der Waals surface area contributed by atoms with E-state index in [0.717, 1.165) is 33.5 Å². The van der Waals surface area contributed by atoms with Crippen LogP contribution in [0.4, 0.5) is 0 Å². The van der Waals surface area contributed by atoms with Crippen LogP contribution in [0.5, 0.6) is 0 Å². The third kappa shape index (κ3) is 3.33. The highest BCUT2D eigenvalue weighted by Gasteiger charge is 2.09. The first kappa shape index (κ1) is 15.1. The lowest BCUT2D eigenvalue weighted by atomic mass is 9.97. The van der Waals surface area contributed by atoms with Gasteiger partial charge in [-0.1, -0.05) is 55.5 Å². The minimum Gasteiger partial charge on any atom is -0.457 e. The fraction of sp³-hybridized carbons (Fsp3) is 0.143. The van der Waals surface area contributed by atoms with Gasteiger partial charge in [0.2, 0.25) is 0 Å². The number of carbonyl (C=O) groups excluding carboxylic acids is 1. The molecule has 3 rings (SSSR count). The fourth-order valence-corrected chi connectivity index (χ4v) is 2.69. The monoisotopic (exact) mass is 302 g/mol. The van der Waals surface area contributed by atoms with Crippen molar-refractivity contribution < 1.29 is 9.53 Å². The van der Waals surface area contributed by atoms with Gasteiger partial charge in [-0.3, -0.25) is 0 Å². The minimum absolute atomic E-state index is 0.255. The Hall–Kier alpha value is -2.83. The van der Waals surface area contributed by atoms with E-state index in [1.165, 1.54) is 6.08 Å². The fourth-order valence-electron chi connectivity index (χ4n) is 2.69. The molecule has 0 bridgehead atoms. The maximum atomic E-state index is 11.8. The average molecular weight is 302 g/mol. The molecule has 0 aliphatic rings. The van der Waals surface area contributed by atoms with E-state index in [1.54, 1.807) is 6.08 Å². The van der Waals surface area contributed by atoms with Crippen molar-refractivity contribution in [2.45, 2.75) is 20.0 Å². The minimum atomic E-state index is -0.369. The highest BCUT2D eigenvalue weighted by atomic mass is 16.5. The lowest BCUT2D eigenvalue weighted by Crippen LogP contribution is -2.01. The van der Waals surface area contributed by atoms with Gasteiger partial charge in [0, 0.05) is 5.56 Å². The summed E-state index contributed by atoms with van der Waals surface area (Å²) in [7, 11) is 0. The van der Waals surface area contributed by atoms with Crippen LogP contribution in [0, 0.1) is 0 Å². The van der Waals surface area contributed by atoms with Crippen molar-refractivity contribution in [3.05, 3.63) is 78.0 Å². The van der Waals surface area contributed by atoms with Crippen LogP contribution in [-0.4, -0.2) is 5.97 Å². The van der Waals surface area contributed by atoms with Crippen LogP contribution in [0.25, 0.3) is 21.5 Å². The topological polar surface area (TPSA) is 26.3 Å². The highest BCUT2D eigenvalue weighted by molar-refractivity contribution is 6.02. The molecule has 0 saturated carbocycles. The summed E-state index contributed by atoms with van der Waals surface area (Å²) in [4.78, 5) is 11.8. The van der Waals surface area contributed by atoms with Crippen molar-refractivity contribution >= 4 is 27.5 Å². The normalized spacial score (nSPS) is 10.3. The number of ether oxygens (including phenoxy) is 1. The molecule has 0 spiro atoms. The molecule has 0 fully saturated rings. The number of esters is 1. The molecule has 0 amide bonds. The number of rotatable bonds is 4. The van der Waals surface area contributed by atoms with E-state index in [4.69, 9.17) is 4.74 Å². The van der Waals surface area contributed by atoms with Crippen LogP contribution in [-0.2, 0) is 16.1 Å². The van der Waals surface area contributed by atoms with E-state index in [2.05, 4.69) is 36.1 Å². The molecule has 0 aromatic heterocycles. The number of hydrogen-bond acceptors (Lipinski definition) is 2. The van der Waals surface area contributed by atoms with Crippen LogP contribution < -0.4 is 0 Å². The quantitative estimate of drug-likeness (QED) is 0.288. The van der Waals surface area contributed by atoms with Gasteiger partial charge in [0.1, 0.15) is 6.61 Å². The lowest BCUT2D eigenvalue weighted by molar-refractivity contribution is -0.138. The van der Waals surface area contributed by atoms with Gasteiger partial charge < -0.3 is 4.74 Å². The summed E-state index contributed by atoms with van der Waals surface area (Å²) in [5.41, 5.74) is 3.86. The van der Waals surface area contributed by atoms with E-state index >= 15 is 0 Å². The van der Waals surface area contributed by atoms with Crippen LogP contribution in [0.2, 0.25) is 0 Å². The van der Waals surface area contributed by atoms with Crippen LogP contribution in [0.15, 0.2) is 72.5 Å². The predicted molar refractivity (Wildman–Crippen MR) is 94.2 cm³/mol. The standard InChI is InChI=1S/C21H18O2/c1-2-3-4-13-21(22)23-15-20-18-11-7-5-9-16(18)14-17-10-6-8-12-19(17)20/h3,5-14H,2,15H2,1H3. The van der Waals surface area contributed by atoms with Gasteiger partial charge in [-0.15, -0.1) is 5.73 Å². The van der Waals surface area contributed by atoms with Crippen LogP contribution in [0.3, 0.4) is 0 Å². The zero-order valence-corrected chi connectivity index (χ0v) is 13.1. The summed E-state index contributed by atoms with van der Waals surface area (Å²) >= 11 is 0. The van der Waals surface area contributed by atoms with E-state index in [0.29, 0.717) is 0 Å². The number of benzene rings is 3. The Morgan fingerprint density at radius 1 is 1.04 bits per heavy atom. The van der Waals surface area contributed by atoms with Crippen molar-refractivity contribution in [3.63, 3.8) is 0 Å². The van der Waals surface area contributed by atoms with Crippen LogP contribution >= 0.6 is 0 Å². The molecule has 0 aliphatic heterocycles. The van der Waals surface area contributed by atoms with Crippen molar-refractivity contribution in [2.75, 3.05) is 0 Å². The Morgan fingerprint density at radius 2 is 1.65 bits per heavy atom. The van der Waals surface area contributed by atoms with E-state index in [-0.39, 0.29) is 12.6 Å². The van der Waals surface area contributed by atoms with Crippen molar-refractivity contribution in [1.82, 2.24) is 0 Å². The molecule has 2 heteroatoms. The first-order chi connectivity index (χ1) is 11.3. The zero-order valence-electron chi connectivity index (χ0n) is 13.1. The Morgan fingerprint density at radius 3 is 2.26 bits per heavy atom. The second-order valence-corrected chi connectivity index (χ2v) is 5.33. The summed E-state index contributed by atoms with van der Waals surface area (Å²) in [5, 5.41) is 4.54. The summed E-state index contributed by atoms with van der Waals surface area (Å²) < 4.78 is 5.41. The van der Waals surface area contributed by atoms with Crippen molar-refractivity contribution in [3.8, 4) is 0 Å². The largest absolute Gasteiger partial charge is 0.457 e. The maximum Gasteiger partial charge on any atom is 0.338 e. The molecule has 0 aliphatic carbocycles. The van der Waals surface area contributed by atoms with Gasteiger partial charge in [0.05, 0.1) is 6.08 Å². The third-order valence-electron chi connectivity index (χ3n) is 3.76. The maximum absolute atomic E-state index is 11.8. The average Bonchev–Trinajstić information content (AvgIpc) is 2.59. The van der Waals surface area contributed by atoms with Gasteiger partial charge in [0.25, 0.3) is 0 Å². The summed E-state index contributed by atoms with van der Waals surface area (Å²) in [6.07, 6.45) is 3.99. The molecule has 0 saturated heterocycles. The van der Waals surface area contributed by atoms with Crippen molar-refractivity contribution in [2.24, 2.45) is 0 Å². The summed E-state index contributed by atoms with van der Waals surface area (Å²) in [6, 6.07) is 18.5. The lowest BCUT2D eigenvalue weighted by Gasteiger charge is -2.11. The summed E-state index contributed by atoms with van der Waals surface area (Å²) in [6.45, 7) is 2.25. The number of carbonyl (C=O) groups is 1. The third-order valence-corrected chi connectivity index (χ3v) is 3.76. The van der Waals surface area contributed by atoms with E-state index in [1.807, 2.05) is 31.2 Å². The molecular formula is C21H18O2. The van der Waals surface area contributed by atoms with Gasteiger partial charge in [-0.2, -0.15) is 0 Å². The molecule has 3 aromatic rings. The molecule has 0 atom stereocenters. The van der Waals surface area contributed by atoms with Crippen LogP contribution in [0.1, 0.15) is 18.9 Å². The number of fused-ring (bicyclic) bond motifs is 2. The molecule has 0 radical (unpaired) electrons.